The highest BCUT2D eigenvalue weighted by Crippen LogP contribution is 2.31. The minimum Gasteiger partial charge on any atom is -0.488 e. The van der Waals surface area contributed by atoms with Gasteiger partial charge in [-0.3, -0.25) is 9.48 Å². The van der Waals surface area contributed by atoms with Gasteiger partial charge >= 0.3 is 0 Å². The number of nitrogens with zero attached hydrogens (tertiary/aromatic N) is 2. The van der Waals surface area contributed by atoms with Crippen molar-refractivity contribution < 1.29 is 32.2 Å². The SMILES string of the molecule is CCC(CO)Oc1cc(Oc2ccc(S(=O)(=O)CC)cc2F)cc(C(=O)Nc2ccn(C)n2)c1. The fraction of sp³-hybridized carbons (Fsp3) is 0.304. The molecule has 3 rings (SSSR count). The summed E-state index contributed by atoms with van der Waals surface area (Å²) in [5.41, 5.74) is 0.150. The molecule has 1 unspecified atom stereocenters. The smallest absolute Gasteiger partial charge is 0.257 e. The molecular weight excluding hydrogens is 465 g/mol. The van der Waals surface area contributed by atoms with Gasteiger partial charge in [-0.15, -0.1) is 0 Å². The van der Waals surface area contributed by atoms with E-state index in [1.54, 1.807) is 19.3 Å². The first-order valence-corrected chi connectivity index (χ1v) is 12.2. The number of aryl methyl sites for hydroxylation is 1. The van der Waals surface area contributed by atoms with Gasteiger partial charge in [0.25, 0.3) is 5.91 Å². The molecule has 0 bridgehead atoms. The maximum absolute atomic E-state index is 14.6. The second-order valence-electron chi connectivity index (χ2n) is 7.45. The molecule has 0 saturated carbocycles. The van der Waals surface area contributed by atoms with Gasteiger partial charge in [-0.05, 0) is 36.8 Å². The number of hydrogen-bond acceptors (Lipinski definition) is 7. The van der Waals surface area contributed by atoms with Crippen LogP contribution in [0.15, 0.2) is 53.6 Å². The van der Waals surface area contributed by atoms with Gasteiger partial charge in [0.2, 0.25) is 0 Å². The van der Waals surface area contributed by atoms with Crippen molar-refractivity contribution in [1.29, 1.82) is 0 Å². The molecule has 1 aromatic heterocycles. The van der Waals surface area contributed by atoms with Crippen LogP contribution in [0.4, 0.5) is 10.2 Å². The van der Waals surface area contributed by atoms with Crippen molar-refractivity contribution in [2.24, 2.45) is 7.05 Å². The van der Waals surface area contributed by atoms with E-state index in [1.165, 1.54) is 41.9 Å². The summed E-state index contributed by atoms with van der Waals surface area (Å²) in [6.07, 6.45) is 1.67. The predicted molar refractivity (Wildman–Crippen MR) is 124 cm³/mol. The van der Waals surface area contributed by atoms with Crippen molar-refractivity contribution in [2.75, 3.05) is 17.7 Å². The predicted octanol–water partition coefficient (Wildman–Crippen LogP) is 3.55. The number of sulfone groups is 1. The van der Waals surface area contributed by atoms with E-state index in [-0.39, 0.29) is 40.1 Å². The summed E-state index contributed by atoms with van der Waals surface area (Å²) in [6.45, 7) is 3.06. The first-order chi connectivity index (χ1) is 16.1. The first-order valence-electron chi connectivity index (χ1n) is 10.6. The minimum absolute atomic E-state index is 0.0847. The lowest BCUT2D eigenvalue weighted by molar-refractivity contribution is 0.102. The van der Waals surface area contributed by atoms with E-state index in [2.05, 4.69) is 10.4 Å². The van der Waals surface area contributed by atoms with Crippen LogP contribution < -0.4 is 14.8 Å². The van der Waals surface area contributed by atoms with Crippen LogP contribution in [0.5, 0.6) is 17.2 Å². The van der Waals surface area contributed by atoms with Gasteiger partial charge in [-0.25, -0.2) is 12.8 Å². The lowest BCUT2D eigenvalue weighted by Gasteiger charge is -2.17. The zero-order valence-corrected chi connectivity index (χ0v) is 19.8. The molecule has 11 heteroatoms. The summed E-state index contributed by atoms with van der Waals surface area (Å²) >= 11 is 0. The van der Waals surface area contributed by atoms with Gasteiger partial charge in [-0.1, -0.05) is 13.8 Å². The number of amides is 1. The highest BCUT2D eigenvalue weighted by atomic mass is 32.2. The number of nitrogens with one attached hydrogen (secondary N) is 1. The number of hydrogen-bond donors (Lipinski definition) is 2. The summed E-state index contributed by atoms with van der Waals surface area (Å²) in [6, 6.07) is 9.29. The Morgan fingerprint density at radius 1 is 1.18 bits per heavy atom. The molecule has 1 heterocycles. The van der Waals surface area contributed by atoms with Crippen molar-refractivity contribution in [1.82, 2.24) is 9.78 Å². The van der Waals surface area contributed by atoms with Crippen LogP contribution in [0, 0.1) is 5.82 Å². The van der Waals surface area contributed by atoms with Crippen molar-refractivity contribution in [2.45, 2.75) is 31.3 Å². The zero-order chi connectivity index (χ0) is 24.9. The van der Waals surface area contributed by atoms with Crippen molar-refractivity contribution >= 4 is 21.6 Å². The molecule has 0 aliphatic rings. The third-order valence-corrected chi connectivity index (χ3v) is 6.66. The maximum Gasteiger partial charge on any atom is 0.257 e. The Morgan fingerprint density at radius 2 is 1.91 bits per heavy atom. The van der Waals surface area contributed by atoms with Crippen LogP contribution >= 0.6 is 0 Å². The third-order valence-electron chi connectivity index (χ3n) is 4.93. The number of aliphatic hydroxyl groups is 1. The van der Waals surface area contributed by atoms with Crippen molar-refractivity contribution in [3.05, 3.63) is 60.0 Å². The number of carbonyl (C=O) groups excluding carboxylic acids is 1. The van der Waals surface area contributed by atoms with E-state index in [1.807, 2.05) is 6.92 Å². The lowest BCUT2D eigenvalue weighted by atomic mass is 10.1. The fourth-order valence-electron chi connectivity index (χ4n) is 2.99. The van der Waals surface area contributed by atoms with Gasteiger partial charge in [0.1, 0.15) is 17.6 Å². The Balaban J connectivity index is 1.93. The second-order valence-corrected chi connectivity index (χ2v) is 9.73. The van der Waals surface area contributed by atoms with Gasteiger partial charge in [0, 0.05) is 30.9 Å². The van der Waals surface area contributed by atoms with E-state index in [0.29, 0.717) is 12.2 Å². The Kier molecular flexibility index (Phi) is 7.90. The fourth-order valence-corrected chi connectivity index (χ4v) is 3.89. The number of aliphatic hydroxyl groups excluding tert-OH is 1. The van der Waals surface area contributed by atoms with E-state index >= 15 is 0 Å². The van der Waals surface area contributed by atoms with E-state index in [9.17, 15) is 22.7 Å². The monoisotopic (exact) mass is 491 g/mol. The van der Waals surface area contributed by atoms with E-state index in [0.717, 1.165) is 6.07 Å². The Bertz CT molecular complexity index is 1270. The van der Waals surface area contributed by atoms with Gasteiger partial charge in [0.15, 0.2) is 27.2 Å². The highest BCUT2D eigenvalue weighted by Gasteiger charge is 2.18. The van der Waals surface area contributed by atoms with Crippen LogP contribution in [-0.4, -0.2) is 47.7 Å². The molecule has 3 aromatic rings. The zero-order valence-electron chi connectivity index (χ0n) is 19.0. The van der Waals surface area contributed by atoms with Crippen molar-refractivity contribution in [3.8, 4) is 17.2 Å². The standard InChI is InChI=1S/C23H26FN3O6S/c1-4-16(14-28)32-17-10-15(23(29)25-22-8-9-27(3)26-22)11-18(12-17)33-21-7-6-19(13-20(21)24)34(30,31)5-2/h6-13,16,28H,4-5,14H2,1-3H3,(H,25,26,29). The van der Waals surface area contributed by atoms with Crippen LogP contribution in [0.2, 0.25) is 0 Å². The molecule has 0 aliphatic heterocycles. The molecule has 34 heavy (non-hydrogen) atoms. The Labute approximate surface area is 197 Å². The quantitative estimate of drug-likeness (QED) is 0.445. The molecule has 0 saturated heterocycles. The van der Waals surface area contributed by atoms with Gasteiger partial charge < -0.3 is 19.9 Å². The van der Waals surface area contributed by atoms with Crippen LogP contribution in [0.1, 0.15) is 30.6 Å². The number of carbonyl (C=O) groups is 1. The average Bonchev–Trinajstić information content (AvgIpc) is 3.22. The third kappa shape index (κ3) is 6.12. The van der Waals surface area contributed by atoms with Crippen LogP contribution in [-0.2, 0) is 16.9 Å². The molecule has 0 fully saturated rings. The van der Waals surface area contributed by atoms with Crippen LogP contribution in [0.3, 0.4) is 0 Å². The summed E-state index contributed by atoms with van der Waals surface area (Å²) < 4.78 is 51.5. The number of aromatic nitrogens is 2. The topological polar surface area (TPSA) is 120 Å². The number of benzene rings is 2. The number of ether oxygens (including phenoxy) is 2. The summed E-state index contributed by atoms with van der Waals surface area (Å²) in [5, 5.41) is 16.2. The summed E-state index contributed by atoms with van der Waals surface area (Å²) in [4.78, 5) is 12.6. The molecule has 1 amide bonds. The molecule has 9 nitrogen and oxygen atoms in total. The highest BCUT2D eigenvalue weighted by molar-refractivity contribution is 7.91. The molecule has 2 aromatic carbocycles. The Hall–Kier alpha value is -3.44. The van der Waals surface area contributed by atoms with Gasteiger partial charge in [-0.2, -0.15) is 5.10 Å². The summed E-state index contributed by atoms with van der Waals surface area (Å²) in [7, 11) is -1.87. The number of rotatable bonds is 10. The second kappa shape index (κ2) is 10.7. The molecule has 0 radical (unpaired) electrons. The van der Waals surface area contributed by atoms with E-state index in [4.69, 9.17) is 9.47 Å². The normalized spacial score (nSPS) is 12.3. The van der Waals surface area contributed by atoms with Crippen LogP contribution in [0.25, 0.3) is 0 Å². The first kappa shape index (κ1) is 25.2. The Morgan fingerprint density at radius 3 is 2.50 bits per heavy atom. The molecule has 0 aliphatic carbocycles. The van der Waals surface area contributed by atoms with Gasteiger partial charge in [0.05, 0.1) is 17.3 Å². The summed E-state index contributed by atoms with van der Waals surface area (Å²) in [5.74, 6) is -1.11. The average molecular weight is 492 g/mol. The lowest BCUT2D eigenvalue weighted by Crippen LogP contribution is -2.20. The van der Waals surface area contributed by atoms with Crippen molar-refractivity contribution in [3.63, 3.8) is 0 Å². The maximum atomic E-state index is 14.6. The molecule has 2 N–H and O–H groups in total. The largest absolute Gasteiger partial charge is 0.488 e. The molecular formula is C23H26FN3O6S. The number of anilines is 1. The molecule has 182 valence electrons. The number of halogens is 1. The molecule has 1 atom stereocenters. The minimum atomic E-state index is -3.58. The molecule has 0 spiro atoms. The van der Waals surface area contributed by atoms with E-state index < -0.39 is 27.7 Å².